The third-order valence-electron chi connectivity index (χ3n) is 3.58. The van der Waals surface area contributed by atoms with Crippen molar-refractivity contribution in [1.29, 1.82) is 0 Å². The van der Waals surface area contributed by atoms with Crippen molar-refractivity contribution >= 4 is 15.9 Å². The van der Waals surface area contributed by atoms with Gasteiger partial charge in [-0.25, -0.2) is 0 Å². The molecule has 2 aromatic rings. The Labute approximate surface area is 134 Å². The van der Waals surface area contributed by atoms with Crippen molar-refractivity contribution < 1.29 is 9.47 Å². The monoisotopic (exact) mass is 349 g/mol. The molecule has 21 heavy (non-hydrogen) atoms. The summed E-state index contributed by atoms with van der Waals surface area (Å²) in [5, 5.41) is 3.36. The van der Waals surface area contributed by atoms with Crippen LogP contribution in [-0.4, -0.2) is 21.3 Å². The van der Waals surface area contributed by atoms with Crippen molar-refractivity contribution in [2.24, 2.45) is 0 Å². The van der Waals surface area contributed by atoms with Crippen LogP contribution in [0.4, 0.5) is 0 Å². The standard InChI is InChI=1S/C17H20BrNO2/c1-11-7-5-8-12(16(11)18)17(19-2)15-13(20-3)9-6-10-14(15)21-4/h5-10,17,19H,1-4H3. The van der Waals surface area contributed by atoms with Crippen molar-refractivity contribution in [2.45, 2.75) is 13.0 Å². The number of ether oxygens (including phenoxy) is 2. The van der Waals surface area contributed by atoms with E-state index < -0.39 is 0 Å². The average Bonchev–Trinajstić information content (AvgIpc) is 2.52. The van der Waals surface area contributed by atoms with E-state index in [1.807, 2.05) is 25.2 Å². The molecule has 0 amide bonds. The number of halogens is 1. The first kappa shape index (κ1) is 15.9. The van der Waals surface area contributed by atoms with E-state index in [1.165, 1.54) is 5.56 Å². The fourth-order valence-corrected chi connectivity index (χ4v) is 3.01. The molecule has 0 saturated heterocycles. The Morgan fingerprint density at radius 3 is 2.10 bits per heavy atom. The first-order valence-electron chi connectivity index (χ1n) is 6.77. The second-order valence-corrected chi connectivity index (χ2v) is 5.57. The number of hydrogen-bond donors (Lipinski definition) is 1. The van der Waals surface area contributed by atoms with E-state index in [2.05, 4.69) is 46.4 Å². The Kier molecular flexibility index (Phi) is 5.26. The Morgan fingerprint density at radius 2 is 1.57 bits per heavy atom. The molecule has 0 aliphatic carbocycles. The highest BCUT2D eigenvalue weighted by Gasteiger charge is 2.23. The summed E-state index contributed by atoms with van der Waals surface area (Å²) in [5.41, 5.74) is 3.35. The predicted molar refractivity (Wildman–Crippen MR) is 89.3 cm³/mol. The van der Waals surface area contributed by atoms with Crippen molar-refractivity contribution in [3.8, 4) is 11.5 Å². The lowest BCUT2D eigenvalue weighted by Gasteiger charge is -2.23. The van der Waals surface area contributed by atoms with Crippen molar-refractivity contribution in [1.82, 2.24) is 5.32 Å². The Hall–Kier alpha value is -1.52. The molecule has 0 spiro atoms. The lowest BCUT2D eigenvalue weighted by atomic mass is 9.95. The molecule has 2 aromatic carbocycles. The van der Waals surface area contributed by atoms with Crippen molar-refractivity contribution in [3.05, 3.63) is 57.6 Å². The molecular formula is C17H20BrNO2. The maximum Gasteiger partial charge on any atom is 0.127 e. The SMILES string of the molecule is CNC(c1cccc(C)c1Br)c1c(OC)cccc1OC. The number of hydrogen-bond acceptors (Lipinski definition) is 3. The molecule has 2 rings (SSSR count). The van der Waals surface area contributed by atoms with Crippen molar-refractivity contribution in [3.63, 3.8) is 0 Å². The topological polar surface area (TPSA) is 30.5 Å². The van der Waals surface area contributed by atoms with Crippen LogP contribution < -0.4 is 14.8 Å². The van der Waals surface area contributed by atoms with E-state index in [0.717, 1.165) is 27.1 Å². The Morgan fingerprint density at radius 1 is 1.00 bits per heavy atom. The third-order valence-corrected chi connectivity index (χ3v) is 4.66. The smallest absolute Gasteiger partial charge is 0.127 e. The predicted octanol–water partition coefficient (Wildman–Crippen LogP) is 4.08. The van der Waals surface area contributed by atoms with E-state index in [4.69, 9.17) is 9.47 Å². The number of nitrogens with one attached hydrogen (secondary N) is 1. The summed E-state index contributed by atoms with van der Waals surface area (Å²) < 4.78 is 12.1. The molecule has 0 radical (unpaired) electrons. The van der Waals surface area contributed by atoms with Crippen LogP contribution >= 0.6 is 15.9 Å². The average molecular weight is 350 g/mol. The number of benzene rings is 2. The van der Waals surface area contributed by atoms with Gasteiger partial charge in [-0.15, -0.1) is 0 Å². The minimum atomic E-state index is -0.0228. The van der Waals surface area contributed by atoms with Crippen LogP contribution in [0, 0.1) is 6.92 Å². The molecular weight excluding hydrogens is 330 g/mol. The highest BCUT2D eigenvalue weighted by Crippen LogP contribution is 2.39. The zero-order valence-electron chi connectivity index (χ0n) is 12.7. The van der Waals surface area contributed by atoms with Crippen LogP contribution in [0.2, 0.25) is 0 Å². The zero-order chi connectivity index (χ0) is 15.4. The van der Waals surface area contributed by atoms with Gasteiger partial charge in [0, 0.05) is 4.47 Å². The number of rotatable bonds is 5. The largest absolute Gasteiger partial charge is 0.496 e. The molecule has 1 atom stereocenters. The number of methoxy groups -OCH3 is 2. The fourth-order valence-electron chi connectivity index (χ4n) is 2.51. The summed E-state index contributed by atoms with van der Waals surface area (Å²) >= 11 is 3.69. The van der Waals surface area contributed by atoms with E-state index in [9.17, 15) is 0 Å². The highest BCUT2D eigenvalue weighted by molar-refractivity contribution is 9.10. The van der Waals surface area contributed by atoms with Gasteiger partial charge in [-0.2, -0.15) is 0 Å². The van der Waals surface area contributed by atoms with Gasteiger partial charge >= 0.3 is 0 Å². The third kappa shape index (κ3) is 3.06. The fraction of sp³-hybridized carbons (Fsp3) is 0.294. The molecule has 4 heteroatoms. The molecule has 1 unspecified atom stereocenters. The summed E-state index contributed by atoms with van der Waals surface area (Å²) in [6.07, 6.45) is 0. The Balaban J connectivity index is 2.64. The quantitative estimate of drug-likeness (QED) is 0.881. The molecule has 0 bridgehead atoms. The summed E-state index contributed by atoms with van der Waals surface area (Å²) in [5.74, 6) is 1.62. The molecule has 0 aliphatic heterocycles. The van der Waals surface area contributed by atoms with E-state index >= 15 is 0 Å². The van der Waals surface area contributed by atoms with Gasteiger partial charge in [0.05, 0.1) is 25.8 Å². The lowest BCUT2D eigenvalue weighted by molar-refractivity contribution is 0.378. The van der Waals surface area contributed by atoms with Crippen LogP contribution in [0.25, 0.3) is 0 Å². The van der Waals surface area contributed by atoms with Crippen LogP contribution in [0.15, 0.2) is 40.9 Å². The van der Waals surface area contributed by atoms with Gasteiger partial charge in [-0.05, 0) is 37.2 Å². The van der Waals surface area contributed by atoms with Crippen LogP contribution in [0.5, 0.6) is 11.5 Å². The molecule has 0 heterocycles. The van der Waals surface area contributed by atoms with E-state index in [-0.39, 0.29) is 6.04 Å². The maximum absolute atomic E-state index is 5.53. The first-order chi connectivity index (χ1) is 10.1. The lowest BCUT2D eigenvalue weighted by Crippen LogP contribution is -2.20. The van der Waals surface area contributed by atoms with Crippen LogP contribution in [-0.2, 0) is 0 Å². The normalized spacial score (nSPS) is 12.0. The second kappa shape index (κ2) is 6.96. The van der Waals surface area contributed by atoms with Gasteiger partial charge in [-0.3, -0.25) is 0 Å². The Bertz CT molecular complexity index is 606. The van der Waals surface area contributed by atoms with Crippen LogP contribution in [0.1, 0.15) is 22.7 Å². The first-order valence-corrected chi connectivity index (χ1v) is 7.56. The van der Waals surface area contributed by atoms with Gasteiger partial charge in [0.2, 0.25) is 0 Å². The molecule has 0 saturated carbocycles. The van der Waals surface area contributed by atoms with Gasteiger partial charge in [0.25, 0.3) is 0 Å². The van der Waals surface area contributed by atoms with E-state index in [1.54, 1.807) is 14.2 Å². The van der Waals surface area contributed by atoms with Gasteiger partial charge in [0.1, 0.15) is 11.5 Å². The summed E-state index contributed by atoms with van der Waals surface area (Å²) in [7, 11) is 5.29. The van der Waals surface area contributed by atoms with Gasteiger partial charge in [0.15, 0.2) is 0 Å². The molecule has 0 aliphatic rings. The molecule has 3 nitrogen and oxygen atoms in total. The van der Waals surface area contributed by atoms with Crippen molar-refractivity contribution in [2.75, 3.05) is 21.3 Å². The molecule has 0 fully saturated rings. The molecule has 1 N–H and O–H groups in total. The van der Waals surface area contributed by atoms with Crippen LogP contribution in [0.3, 0.4) is 0 Å². The summed E-state index contributed by atoms with van der Waals surface area (Å²) in [6.45, 7) is 2.08. The molecule has 0 aromatic heterocycles. The summed E-state index contributed by atoms with van der Waals surface area (Å²) in [6, 6.07) is 12.0. The molecule has 112 valence electrons. The van der Waals surface area contributed by atoms with Gasteiger partial charge < -0.3 is 14.8 Å². The highest BCUT2D eigenvalue weighted by atomic mass is 79.9. The maximum atomic E-state index is 5.53. The number of aryl methyl sites for hydroxylation is 1. The minimum Gasteiger partial charge on any atom is -0.496 e. The van der Waals surface area contributed by atoms with E-state index in [0.29, 0.717) is 0 Å². The van der Waals surface area contributed by atoms with Gasteiger partial charge in [-0.1, -0.05) is 40.2 Å². The second-order valence-electron chi connectivity index (χ2n) is 4.78. The summed E-state index contributed by atoms with van der Waals surface area (Å²) in [4.78, 5) is 0. The minimum absolute atomic E-state index is 0.0228. The zero-order valence-corrected chi connectivity index (χ0v) is 14.3.